The predicted octanol–water partition coefficient (Wildman–Crippen LogP) is 21.2. The average Bonchev–Trinajstić information content (AvgIpc) is 1.67. The molecule has 0 saturated carbocycles. The van der Waals surface area contributed by atoms with Gasteiger partial charge in [0.2, 0.25) is 16.8 Å². The lowest BCUT2D eigenvalue weighted by Gasteiger charge is -2.06. The van der Waals surface area contributed by atoms with Gasteiger partial charge in [0.25, 0.3) is 0 Å². The van der Waals surface area contributed by atoms with E-state index in [1.807, 2.05) is 152 Å². The van der Waals surface area contributed by atoms with E-state index in [9.17, 15) is 82.4 Å². The van der Waals surface area contributed by atoms with Crippen LogP contribution in [0.5, 0.6) is 46.0 Å². The number of carbonyl (C=O) groups excluding carboxylic acids is 14. The van der Waals surface area contributed by atoms with E-state index in [0.29, 0.717) is 68.7 Å². The smallest absolute Gasteiger partial charge is 0.308 e. The number of ketones is 6. The molecule has 0 fully saturated rings. The monoisotopic (exact) mass is 1830 g/mol. The first-order valence-electron chi connectivity index (χ1n) is 39.9. The van der Waals surface area contributed by atoms with Crippen LogP contribution in [0.1, 0.15) is 142 Å². The van der Waals surface area contributed by atoms with Gasteiger partial charge in [0.05, 0.1) is 35.5 Å². The molecular formula is C103H84Cl2N2O26. The summed E-state index contributed by atoms with van der Waals surface area (Å²) in [5.74, 6) is -1.23. The van der Waals surface area contributed by atoms with Crippen molar-refractivity contribution in [2.45, 2.75) is 61.3 Å². The molecule has 5 aromatic heterocycles. The lowest BCUT2D eigenvalue weighted by molar-refractivity contribution is -0.133. The molecule has 676 valence electrons. The Morgan fingerprint density at radius 1 is 0.368 bits per heavy atom. The minimum absolute atomic E-state index is 0.0201. The van der Waals surface area contributed by atoms with Crippen molar-refractivity contribution in [3.63, 3.8) is 0 Å². The van der Waals surface area contributed by atoms with Crippen LogP contribution in [0.25, 0.3) is 85.7 Å². The van der Waals surface area contributed by atoms with E-state index in [1.54, 1.807) is 85.0 Å². The second-order valence-electron chi connectivity index (χ2n) is 27.9. The van der Waals surface area contributed by atoms with Crippen LogP contribution in [0.3, 0.4) is 0 Å². The Labute approximate surface area is 769 Å². The zero-order chi connectivity index (χ0) is 96.5. The summed E-state index contributed by atoms with van der Waals surface area (Å²) in [4.78, 5) is 154. The van der Waals surface area contributed by atoms with Crippen LogP contribution < -0.4 is 23.7 Å². The van der Waals surface area contributed by atoms with Gasteiger partial charge in [0.15, 0.2) is 53.0 Å². The number of hydrogen-bond acceptors (Lipinski definition) is 27. The molecular weight excluding hydrogens is 1750 g/mol. The van der Waals surface area contributed by atoms with Crippen LogP contribution in [0.4, 0.5) is 0 Å². The fourth-order valence-corrected chi connectivity index (χ4v) is 11.2. The number of hydrogen-bond donors (Lipinski definition) is 4. The predicted molar refractivity (Wildman–Crippen MR) is 500 cm³/mol. The molecule has 5 heterocycles. The zero-order valence-electron chi connectivity index (χ0n) is 72.2. The van der Waals surface area contributed by atoms with Gasteiger partial charge in [0.1, 0.15) is 79.8 Å². The van der Waals surface area contributed by atoms with Crippen LogP contribution in [0.2, 0.25) is 0 Å². The standard InChI is InChI=1S/C21H16O5.C19H14N2O2.C19H14O4.C12H10O4.C11H10O5.C9H7ClO.C9H8O4.C3H5ClO/c1-14(22)25-18-10-8-16-11-21(26-20(16)13-18)19(24)12-17(23)9-7-15-5-3-2-4-6-15;22-16-9-7-14-10-19(23-18(14)12-16)17-11-15(20-21-17)8-6-13-4-2-1-3-5-13;20-15(8-6-13-4-2-1-3-5-13)11-17(22)19-10-14-7-9-16(21)12-18(14)23-19;1-7(13)11-5-9-3-4-10(15-8(2)14)6-12(9)16-11;1-7(13)15-10-4-3-9(6-12)11(5-10)16-8(2)14;10-9(11)7-6-8-4-2-1-3-5-8;1-6(11)13-8-3-2-7(5-10)9(12)4-8;1-3(5)2-4/h2-11,13H,12H2,1H3;1-12,22H,(H,20,21);1-10,12,21H,11H2;2*3-6H,1-2H3;1-7H;2-5,12H,1H3;2H2,1H3/b9-7+;2*8-6+;;;7-6+;;. The van der Waals surface area contributed by atoms with Gasteiger partial charge in [-0.1, -0.05) is 146 Å². The third-order valence-corrected chi connectivity index (χ3v) is 17.6. The molecule has 30 heteroatoms. The first-order valence-corrected chi connectivity index (χ1v) is 40.8. The molecule has 0 saturated heterocycles. The lowest BCUT2D eigenvalue weighted by Crippen LogP contribution is -2.06. The number of H-pyrrole nitrogens is 1. The maximum absolute atomic E-state index is 12.3. The minimum Gasteiger partial charge on any atom is -0.508 e. The molecule has 0 spiro atoms. The molecule has 4 N–H and O–H groups in total. The van der Waals surface area contributed by atoms with E-state index in [-0.39, 0.29) is 105 Å². The summed E-state index contributed by atoms with van der Waals surface area (Å²) >= 11 is 10.1. The molecule has 0 aliphatic carbocycles. The molecule has 0 radical (unpaired) electrons. The fourth-order valence-electron chi connectivity index (χ4n) is 11.2. The van der Waals surface area contributed by atoms with Crippen molar-refractivity contribution in [2.24, 2.45) is 0 Å². The molecule has 10 aromatic carbocycles. The maximum atomic E-state index is 12.3. The molecule has 133 heavy (non-hydrogen) atoms. The van der Waals surface area contributed by atoms with E-state index >= 15 is 0 Å². The molecule has 0 atom stereocenters. The molecule has 15 rings (SSSR count). The number of Topliss-reactive ketones (excluding diaryl/α,β-unsaturated/α-hetero) is 4. The molecule has 0 bridgehead atoms. The number of aromatic amines is 1. The first-order chi connectivity index (χ1) is 63.7. The number of carbonyl (C=O) groups is 14. The second-order valence-corrected chi connectivity index (χ2v) is 28.6. The summed E-state index contributed by atoms with van der Waals surface area (Å²) < 4.78 is 46.1. The number of aromatic nitrogens is 2. The number of alkyl halides is 1. The number of halogens is 2. The lowest BCUT2D eigenvalue weighted by atomic mass is 10.1. The zero-order valence-corrected chi connectivity index (χ0v) is 73.7. The molecule has 15 aromatic rings. The number of rotatable bonds is 24. The third kappa shape index (κ3) is 35.2. The number of allylic oxidation sites excluding steroid dienone is 3. The Morgan fingerprint density at radius 2 is 0.722 bits per heavy atom. The number of furan rings is 4. The number of nitrogens with zero attached hydrogens (tertiary/aromatic N) is 1. The van der Waals surface area contributed by atoms with Crippen LogP contribution in [0, 0.1) is 0 Å². The van der Waals surface area contributed by atoms with E-state index < -0.39 is 40.9 Å². The highest BCUT2D eigenvalue weighted by molar-refractivity contribution is 6.66. The Balaban J connectivity index is 0.000000192. The number of ether oxygens (including phenoxy) is 5. The van der Waals surface area contributed by atoms with Gasteiger partial charge in [-0.15, -0.1) is 11.6 Å². The van der Waals surface area contributed by atoms with E-state index in [0.717, 1.165) is 44.4 Å². The van der Waals surface area contributed by atoms with Gasteiger partial charge in [-0.05, 0) is 168 Å². The highest BCUT2D eigenvalue weighted by Gasteiger charge is 2.19. The Bertz CT molecular complexity index is 6790. The van der Waals surface area contributed by atoms with Gasteiger partial charge in [-0.2, -0.15) is 5.10 Å². The van der Waals surface area contributed by atoms with Crippen molar-refractivity contribution in [3.8, 4) is 57.5 Å². The third-order valence-electron chi connectivity index (χ3n) is 17.1. The van der Waals surface area contributed by atoms with Gasteiger partial charge < -0.3 is 56.7 Å². The highest BCUT2D eigenvalue weighted by Crippen LogP contribution is 2.32. The van der Waals surface area contributed by atoms with E-state index in [4.69, 9.17) is 59.8 Å². The van der Waals surface area contributed by atoms with Crippen LogP contribution in [-0.2, 0) is 43.2 Å². The maximum Gasteiger partial charge on any atom is 0.308 e. The normalized spacial score (nSPS) is 10.5. The van der Waals surface area contributed by atoms with E-state index in [2.05, 4.69) is 14.9 Å². The van der Waals surface area contributed by atoms with Crippen molar-refractivity contribution in [1.29, 1.82) is 0 Å². The average molecular weight is 1840 g/mol. The number of esters is 5. The van der Waals surface area contributed by atoms with Crippen molar-refractivity contribution < 1.29 is 124 Å². The topological polar surface area (TPSA) is 427 Å². The van der Waals surface area contributed by atoms with Gasteiger partial charge >= 0.3 is 29.8 Å². The Kier molecular flexibility index (Phi) is 39.3. The summed E-state index contributed by atoms with van der Waals surface area (Å²) in [5, 5.41) is 38.0. The first kappa shape index (κ1) is 101. The molecule has 0 aliphatic rings. The van der Waals surface area contributed by atoms with Crippen LogP contribution >= 0.6 is 23.2 Å². The molecule has 0 amide bonds. The Hall–Kier alpha value is -17.1. The number of benzene rings is 10. The second kappa shape index (κ2) is 51.6. The quantitative estimate of drug-likeness (QED) is 0.00638. The fraction of sp³-hybridized carbons (Fsp3) is 0.0971. The van der Waals surface area contributed by atoms with Gasteiger partial charge in [-0.25, -0.2) is 0 Å². The van der Waals surface area contributed by atoms with Crippen molar-refractivity contribution >= 4 is 180 Å². The van der Waals surface area contributed by atoms with Crippen LogP contribution in [0.15, 0.2) is 297 Å². The highest BCUT2D eigenvalue weighted by atomic mass is 35.5. The van der Waals surface area contributed by atoms with Crippen molar-refractivity contribution in [2.75, 3.05) is 5.88 Å². The summed E-state index contributed by atoms with van der Waals surface area (Å²) in [7, 11) is 0. The number of aromatic hydroxyl groups is 3. The molecule has 0 aliphatic heterocycles. The summed E-state index contributed by atoms with van der Waals surface area (Å²) in [5.41, 5.74) is 7.89. The number of fused-ring (bicyclic) bond motifs is 4. The van der Waals surface area contributed by atoms with Crippen molar-refractivity contribution in [1.82, 2.24) is 10.2 Å². The largest absolute Gasteiger partial charge is 0.508 e. The number of nitrogens with one attached hydrogen (secondary N) is 1. The van der Waals surface area contributed by atoms with Gasteiger partial charge in [0, 0.05) is 99.5 Å². The SMILES string of the molecule is CC(=O)CCl.CC(=O)Oc1ccc(C=O)c(O)c1.CC(=O)Oc1ccc(C=O)c(OC(C)=O)c1.CC(=O)Oc1ccc2cc(C(=O)CC(=O)/C=C/c3ccccc3)oc2c1.CC(=O)Oc1ccc2cc(C(C)=O)oc2c1.O=C(/C=C/c1ccccc1)CC(=O)c1cc2ccc(O)cc2o1.O=C(Cl)/C=C/c1ccccc1.Oc1ccc2cc(-c3cc(/C=C/c4ccccc4)[nH]n3)oc2c1. The number of aldehydes is 2. The molecule has 0 unspecified atom stereocenters. The molecule has 28 nitrogen and oxygen atoms in total. The minimum atomic E-state index is -0.553. The Morgan fingerprint density at radius 3 is 1.12 bits per heavy atom. The number of phenolic OH excluding ortho intramolecular Hbond substituents is 3. The van der Waals surface area contributed by atoms with Crippen molar-refractivity contribution in [3.05, 3.63) is 335 Å². The van der Waals surface area contributed by atoms with E-state index in [1.165, 1.54) is 121 Å². The summed E-state index contributed by atoms with van der Waals surface area (Å²) in [6.07, 6.45) is 13.7. The van der Waals surface area contributed by atoms with Crippen LogP contribution in [-0.4, -0.2) is 114 Å². The summed E-state index contributed by atoms with van der Waals surface area (Å²) in [6, 6.07) is 74.6. The van der Waals surface area contributed by atoms with Gasteiger partial charge in [-0.3, -0.25) is 72.2 Å². The number of phenols is 3. The summed E-state index contributed by atoms with van der Waals surface area (Å²) in [6.45, 7) is 9.23.